The highest BCUT2D eigenvalue weighted by molar-refractivity contribution is 9.10. The van der Waals surface area contributed by atoms with Crippen molar-refractivity contribution in [1.82, 2.24) is 4.98 Å². The number of halogens is 1. The quantitative estimate of drug-likeness (QED) is 0.376. The molecule has 0 radical (unpaired) electrons. The molecule has 29 heavy (non-hydrogen) atoms. The molecule has 2 aromatic carbocycles. The van der Waals surface area contributed by atoms with Crippen LogP contribution in [0.3, 0.4) is 0 Å². The van der Waals surface area contributed by atoms with E-state index in [-0.39, 0.29) is 19.0 Å². The molecular weight excluding hydrogens is 438 g/mol. The molecule has 0 unspecified atom stereocenters. The third kappa shape index (κ3) is 4.98. The van der Waals surface area contributed by atoms with Gasteiger partial charge in [-0.2, -0.15) is 0 Å². The molecule has 0 amide bonds. The van der Waals surface area contributed by atoms with Crippen LogP contribution in [0, 0.1) is 0 Å². The number of benzene rings is 2. The molecule has 3 aromatic rings. The van der Waals surface area contributed by atoms with Crippen molar-refractivity contribution < 1.29 is 23.8 Å². The number of hydrogen-bond acceptors (Lipinski definition) is 5. The van der Waals surface area contributed by atoms with Gasteiger partial charge in [0.1, 0.15) is 17.2 Å². The summed E-state index contributed by atoms with van der Waals surface area (Å²) in [5, 5.41) is 0.638. The molecule has 0 aliphatic carbocycles. The Labute approximate surface area is 177 Å². The molecule has 7 heteroatoms. The van der Waals surface area contributed by atoms with Crippen molar-refractivity contribution in [3.05, 3.63) is 58.2 Å². The van der Waals surface area contributed by atoms with Crippen LogP contribution in [0.4, 0.5) is 0 Å². The normalized spacial score (nSPS) is 10.7. The number of aromatic nitrogens is 1. The van der Waals surface area contributed by atoms with E-state index >= 15 is 0 Å². The SMILES string of the molecule is CCOC(=O)c1[nH]c2cccc(OC(=O)CCCc3ccc(OC)cc3)c2c1Br. The summed E-state index contributed by atoms with van der Waals surface area (Å²) in [4.78, 5) is 27.4. The average Bonchev–Trinajstić information content (AvgIpc) is 3.06. The standard InChI is InChI=1S/C22H22BrNO5/c1-3-28-22(26)21-20(23)19-16(24-21)7-5-8-17(19)29-18(25)9-4-6-14-10-12-15(27-2)13-11-14/h5,7-8,10-13,24H,3-4,6,9H2,1-2H3. The number of carbonyl (C=O) groups is 2. The molecule has 3 rings (SSSR count). The van der Waals surface area contributed by atoms with Crippen molar-refractivity contribution in [2.24, 2.45) is 0 Å². The summed E-state index contributed by atoms with van der Waals surface area (Å²) in [6, 6.07) is 13.1. The monoisotopic (exact) mass is 459 g/mol. The second-order valence-corrected chi connectivity index (χ2v) is 7.18. The third-order valence-electron chi connectivity index (χ3n) is 4.43. The molecule has 0 spiro atoms. The molecule has 0 bridgehead atoms. The molecule has 6 nitrogen and oxygen atoms in total. The molecular formula is C22H22BrNO5. The lowest BCUT2D eigenvalue weighted by Gasteiger charge is -2.07. The Morgan fingerprint density at radius 2 is 1.86 bits per heavy atom. The molecule has 0 aliphatic rings. The summed E-state index contributed by atoms with van der Waals surface area (Å²) in [6.07, 6.45) is 1.73. The largest absolute Gasteiger partial charge is 0.497 e. The highest BCUT2D eigenvalue weighted by atomic mass is 79.9. The Hall–Kier alpha value is -2.80. The zero-order valence-electron chi connectivity index (χ0n) is 16.3. The van der Waals surface area contributed by atoms with Crippen LogP contribution in [0.1, 0.15) is 35.8 Å². The van der Waals surface area contributed by atoms with Crippen LogP contribution in [0.2, 0.25) is 0 Å². The summed E-state index contributed by atoms with van der Waals surface area (Å²) >= 11 is 3.42. The number of carbonyl (C=O) groups excluding carboxylic acids is 2. The zero-order valence-corrected chi connectivity index (χ0v) is 17.9. The van der Waals surface area contributed by atoms with Crippen LogP contribution in [-0.2, 0) is 16.0 Å². The number of ether oxygens (including phenoxy) is 3. The van der Waals surface area contributed by atoms with E-state index in [9.17, 15) is 9.59 Å². The second-order valence-electron chi connectivity index (χ2n) is 6.39. The molecule has 1 heterocycles. The van der Waals surface area contributed by atoms with Gasteiger partial charge in [-0.1, -0.05) is 18.2 Å². The Morgan fingerprint density at radius 3 is 2.55 bits per heavy atom. The van der Waals surface area contributed by atoms with Crippen molar-refractivity contribution in [3.8, 4) is 11.5 Å². The topological polar surface area (TPSA) is 77.6 Å². The van der Waals surface area contributed by atoms with Gasteiger partial charge in [0.25, 0.3) is 0 Å². The molecule has 0 aliphatic heterocycles. The summed E-state index contributed by atoms with van der Waals surface area (Å²) in [7, 11) is 1.63. The number of hydrogen-bond donors (Lipinski definition) is 1. The van der Waals surface area contributed by atoms with Crippen LogP contribution in [0.15, 0.2) is 46.9 Å². The lowest BCUT2D eigenvalue weighted by atomic mass is 10.1. The zero-order chi connectivity index (χ0) is 20.8. The van der Waals surface area contributed by atoms with Gasteiger partial charge in [0.2, 0.25) is 0 Å². The first-order valence-corrected chi connectivity index (χ1v) is 10.1. The maximum absolute atomic E-state index is 12.3. The fourth-order valence-corrected chi connectivity index (χ4v) is 3.68. The van der Waals surface area contributed by atoms with Crippen molar-refractivity contribution in [3.63, 3.8) is 0 Å². The van der Waals surface area contributed by atoms with E-state index in [1.807, 2.05) is 30.3 Å². The van der Waals surface area contributed by atoms with E-state index in [4.69, 9.17) is 14.2 Å². The minimum Gasteiger partial charge on any atom is -0.497 e. The second kappa shape index (κ2) is 9.60. The van der Waals surface area contributed by atoms with Gasteiger partial charge in [-0.15, -0.1) is 0 Å². The maximum Gasteiger partial charge on any atom is 0.355 e. The van der Waals surface area contributed by atoms with Crippen LogP contribution >= 0.6 is 15.9 Å². The van der Waals surface area contributed by atoms with Crippen LogP contribution < -0.4 is 9.47 Å². The Morgan fingerprint density at radius 1 is 1.10 bits per heavy atom. The summed E-state index contributed by atoms with van der Waals surface area (Å²) in [5.41, 5.74) is 2.11. The summed E-state index contributed by atoms with van der Waals surface area (Å²) in [5.74, 6) is 0.417. The van der Waals surface area contributed by atoms with Gasteiger partial charge >= 0.3 is 11.9 Å². The number of H-pyrrole nitrogens is 1. The lowest BCUT2D eigenvalue weighted by Crippen LogP contribution is -2.08. The number of methoxy groups -OCH3 is 1. The molecule has 1 N–H and O–H groups in total. The van der Waals surface area contributed by atoms with Gasteiger partial charge in [-0.3, -0.25) is 4.79 Å². The fraction of sp³-hybridized carbons (Fsp3) is 0.273. The third-order valence-corrected chi connectivity index (χ3v) is 5.23. The van der Waals surface area contributed by atoms with Gasteiger partial charge in [0, 0.05) is 6.42 Å². The number of fused-ring (bicyclic) bond motifs is 1. The van der Waals surface area contributed by atoms with E-state index in [0.717, 1.165) is 17.7 Å². The highest BCUT2D eigenvalue weighted by Crippen LogP contribution is 2.35. The maximum atomic E-state index is 12.3. The van der Waals surface area contributed by atoms with Crippen LogP contribution in [0.5, 0.6) is 11.5 Å². The minimum atomic E-state index is -0.465. The van der Waals surface area contributed by atoms with Gasteiger partial charge in [-0.25, -0.2) is 4.79 Å². The van der Waals surface area contributed by atoms with Crippen molar-refractivity contribution >= 4 is 38.8 Å². The number of rotatable bonds is 8. The van der Waals surface area contributed by atoms with Gasteiger partial charge in [0.05, 0.1) is 29.1 Å². The van der Waals surface area contributed by atoms with E-state index in [0.29, 0.717) is 33.2 Å². The van der Waals surface area contributed by atoms with E-state index in [1.54, 1.807) is 26.2 Å². The Balaban J connectivity index is 1.65. The molecule has 0 saturated heterocycles. The van der Waals surface area contributed by atoms with Gasteiger partial charge < -0.3 is 19.2 Å². The molecule has 152 valence electrons. The fourth-order valence-electron chi connectivity index (χ4n) is 3.01. The number of aryl methyl sites for hydroxylation is 1. The molecule has 0 fully saturated rings. The van der Waals surface area contributed by atoms with E-state index < -0.39 is 5.97 Å². The first-order chi connectivity index (χ1) is 14.0. The number of nitrogens with one attached hydrogen (secondary N) is 1. The smallest absolute Gasteiger partial charge is 0.355 e. The molecule has 0 saturated carbocycles. The Bertz CT molecular complexity index is 1010. The van der Waals surface area contributed by atoms with Crippen molar-refractivity contribution in [2.75, 3.05) is 13.7 Å². The van der Waals surface area contributed by atoms with E-state index in [2.05, 4.69) is 20.9 Å². The van der Waals surface area contributed by atoms with Crippen molar-refractivity contribution in [2.45, 2.75) is 26.2 Å². The average molecular weight is 460 g/mol. The van der Waals surface area contributed by atoms with Crippen LogP contribution in [-0.4, -0.2) is 30.6 Å². The summed E-state index contributed by atoms with van der Waals surface area (Å²) in [6.45, 7) is 2.02. The number of aromatic amines is 1. The lowest BCUT2D eigenvalue weighted by molar-refractivity contribution is -0.134. The van der Waals surface area contributed by atoms with E-state index in [1.165, 1.54) is 0 Å². The Kier molecular flexibility index (Phi) is 6.93. The predicted octanol–water partition coefficient (Wildman–Crippen LogP) is 5.04. The minimum absolute atomic E-state index is 0.274. The summed E-state index contributed by atoms with van der Waals surface area (Å²) < 4.78 is 16.3. The molecule has 1 aromatic heterocycles. The molecule has 0 atom stereocenters. The van der Waals surface area contributed by atoms with Crippen molar-refractivity contribution in [1.29, 1.82) is 0 Å². The number of esters is 2. The highest BCUT2D eigenvalue weighted by Gasteiger charge is 2.20. The van der Waals surface area contributed by atoms with Gasteiger partial charge in [0.15, 0.2) is 0 Å². The van der Waals surface area contributed by atoms with Crippen LogP contribution in [0.25, 0.3) is 10.9 Å². The predicted molar refractivity (Wildman–Crippen MR) is 114 cm³/mol. The first kappa shape index (κ1) is 20.9. The first-order valence-electron chi connectivity index (χ1n) is 9.34. The van der Waals surface area contributed by atoms with Gasteiger partial charge in [-0.05, 0) is 65.5 Å².